The molecular formula is C19H18N6O3. The molecule has 2 aliphatic rings. The molecule has 3 aromatic heterocycles. The van der Waals surface area contributed by atoms with Gasteiger partial charge in [0.1, 0.15) is 24.0 Å². The van der Waals surface area contributed by atoms with Crippen molar-refractivity contribution >= 4 is 23.5 Å². The molecule has 28 heavy (non-hydrogen) atoms. The number of hydrogen-bond acceptors (Lipinski definition) is 6. The zero-order valence-corrected chi connectivity index (χ0v) is 15.2. The molecule has 2 aliphatic heterocycles. The zero-order valence-electron chi connectivity index (χ0n) is 15.2. The molecule has 9 heteroatoms. The van der Waals surface area contributed by atoms with Gasteiger partial charge in [-0.15, -0.1) is 0 Å². The van der Waals surface area contributed by atoms with Gasteiger partial charge in [0.2, 0.25) is 0 Å². The third kappa shape index (κ3) is 2.67. The van der Waals surface area contributed by atoms with Gasteiger partial charge in [0.05, 0.1) is 11.9 Å². The minimum atomic E-state index is -0.486. The Bertz CT molecular complexity index is 1090. The van der Waals surface area contributed by atoms with Crippen molar-refractivity contribution in [3.63, 3.8) is 0 Å². The molecule has 2 amide bonds. The molecule has 9 nitrogen and oxygen atoms in total. The van der Waals surface area contributed by atoms with Gasteiger partial charge in [-0.25, -0.2) is 19.2 Å². The lowest BCUT2D eigenvalue weighted by Gasteiger charge is -2.21. The Labute approximate surface area is 160 Å². The summed E-state index contributed by atoms with van der Waals surface area (Å²) in [6.45, 7) is 2.16. The van der Waals surface area contributed by atoms with E-state index in [4.69, 9.17) is 9.72 Å². The van der Waals surface area contributed by atoms with Crippen LogP contribution in [0.15, 0.2) is 36.7 Å². The van der Waals surface area contributed by atoms with Gasteiger partial charge < -0.3 is 10.1 Å². The molecule has 0 radical (unpaired) electrons. The van der Waals surface area contributed by atoms with E-state index < -0.39 is 6.09 Å². The lowest BCUT2D eigenvalue weighted by molar-refractivity contribution is 0.0939. The van der Waals surface area contributed by atoms with Crippen LogP contribution in [0.3, 0.4) is 0 Å². The maximum absolute atomic E-state index is 12.7. The molecule has 0 unspecified atom stereocenters. The Hall–Kier alpha value is -3.49. The van der Waals surface area contributed by atoms with Crippen LogP contribution in [0, 0.1) is 0 Å². The molecule has 1 saturated heterocycles. The van der Waals surface area contributed by atoms with Gasteiger partial charge in [-0.2, -0.15) is 5.10 Å². The number of rotatable bonds is 0. The van der Waals surface area contributed by atoms with E-state index in [-0.39, 0.29) is 24.6 Å². The summed E-state index contributed by atoms with van der Waals surface area (Å²) in [6, 6.07) is 7.04. The highest BCUT2D eigenvalue weighted by atomic mass is 16.6. The number of pyridine rings is 1. The number of ether oxygens (including phenoxy) is 1. The predicted molar refractivity (Wildman–Crippen MR) is 99.0 cm³/mol. The molecule has 0 spiro atoms. The number of nitrogens with one attached hydrogen (secondary N) is 1. The predicted octanol–water partition coefficient (Wildman–Crippen LogP) is 1.89. The van der Waals surface area contributed by atoms with Crippen LogP contribution in [0.5, 0.6) is 0 Å². The average molecular weight is 378 g/mol. The molecular weight excluding hydrogens is 360 g/mol. The molecule has 1 N–H and O–H groups in total. The van der Waals surface area contributed by atoms with Crippen LogP contribution in [-0.4, -0.2) is 44.2 Å². The van der Waals surface area contributed by atoms with E-state index in [9.17, 15) is 9.59 Å². The van der Waals surface area contributed by atoms with Gasteiger partial charge in [-0.05, 0) is 38.0 Å². The number of amides is 2. The number of aromatic nitrogens is 4. The van der Waals surface area contributed by atoms with Gasteiger partial charge in [0.15, 0.2) is 5.65 Å². The van der Waals surface area contributed by atoms with Gasteiger partial charge in [-0.3, -0.25) is 9.78 Å². The number of cyclic esters (lactones) is 1. The fourth-order valence-electron chi connectivity index (χ4n) is 3.61. The van der Waals surface area contributed by atoms with Crippen molar-refractivity contribution in [2.45, 2.75) is 31.8 Å². The van der Waals surface area contributed by atoms with E-state index in [1.807, 2.05) is 25.1 Å². The van der Waals surface area contributed by atoms with Crippen molar-refractivity contribution in [3.05, 3.63) is 53.6 Å². The van der Waals surface area contributed by atoms with E-state index in [1.54, 1.807) is 12.3 Å². The first-order valence-electron chi connectivity index (χ1n) is 9.17. The van der Waals surface area contributed by atoms with Gasteiger partial charge in [-0.1, -0.05) is 6.07 Å². The molecule has 3 aromatic rings. The smallest absolute Gasteiger partial charge is 0.416 e. The second kappa shape index (κ2) is 6.29. The lowest BCUT2D eigenvalue weighted by Crippen LogP contribution is -2.33. The summed E-state index contributed by atoms with van der Waals surface area (Å²) < 4.78 is 6.81. The highest BCUT2D eigenvalue weighted by Crippen LogP contribution is 2.31. The first-order chi connectivity index (χ1) is 13.6. The van der Waals surface area contributed by atoms with Crippen LogP contribution in [0.2, 0.25) is 0 Å². The number of carbonyl (C=O) groups excluding carboxylic acids is 2. The Balaban J connectivity index is 1.69. The van der Waals surface area contributed by atoms with Crippen molar-refractivity contribution in [3.8, 4) is 0 Å². The minimum Gasteiger partial charge on any atom is -0.446 e. The van der Waals surface area contributed by atoms with Crippen LogP contribution >= 0.6 is 0 Å². The number of nitrogens with zero attached hydrogens (tertiary/aromatic N) is 5. The van der Waals surface area contributed by atoms with Crippen molar-refractivity contribution in [1.29, 1.82) is 0 Å². The Kier molecular flexibility index (Phi) is 3.75. The summed E-state index contributed by atoms with van der Waals surface area (Å²) in [6.07, 6.45) is 4.13. The molecule has 4 bridgehead atoms. The third-order valence-corrected chi connectivity index (χ3v) is 5.10. The maximum Gasteiger partial charge on any atom is 0.416 e. The van der Waals surface area contributed by atoms with E-state index >= 15 is 0 Å². The van der Waals surface area contributed by atoms with Gasteiger partial charge >= 0.3 is 6.09 Å². The fraction of sp³-hybridized carbons (Fsp3) is 0.316. The van der Waals surface area contributed by atoms with Gasteiger partial charge in [0.25, 0.3) is 5.91 Å². The topological polar surface area (TPSA) is 102 Å². The summed E-state index contributed by atoms with van der Waals surface area (Å²) in [7, 11) is 0. The molecule has 0 aromatic carbocycles. The van der Waals surface area contributed by atoms with Crippen LogP contribution in [0.4, 0.5) is 10.6 Å². The first kappa shape index (κ1) is 16.7. The van der Waals surface area contributed by atoms with E-state index in [0.29, 0.717) is 23.4 Å². The minimum absolute atomic E-state index is 0.0353. The fourth-order valence-corrected chi connectivity index (χ4v) is 3.61. The van der Waals surface area contributed by atoms with E-state index in [0.717, 1.165) is 17.8 Å². The molecule has 2 atom stereocenters. The highest BCUT2D eigenvalue weighted by Gasteiger charge is 2.37. The van der Waals surface area contributed by atoms with Crippen LogP contribution in [0.25, 0.3) is 5.65 Å². The first-order valence-corrected chi connectivity index (χ1v) is 9.17. The summed E-state index contributed by atoms with van der Waals surface area (Å²) in [5.41, 5.74) is 2.42. The summed E-state index contributed by atoms with van der Waals surface area (Å²) in [5.74, 6) is 0.151. The molecule has 5 rings (SSSR count). The molecule has 5 heterocycles. The van der Waals surface area contributed by atoms with Crippen molar-refractivity contribution < 1.29 is 14.3 Å². The second-order valence-corrected chi connectivity index (χ2v) is 7.04. The average Bonchev–Trinajstić information content (AvgIpc) is 3.29. The Morgan fingerprint density at radius 3 is 3.00 bits per heavy atom. The number of hydrogen-bond donors (Lipinski definition) is 1. The van der Waals surface area contributed by atoms with Crippen molar-refractivity contribution in [2.24, 2.45) is 0 Å². The maximum atomic E-state index is 12.7. The normalized spacial score (nSPS) is 22.0. The van der Waals surface area contributed by atoms with Crippen molar-refractivity contribution in [1.82, 2.24) is 24.9 Å². The van der Waals surface area contributed by atoms with Crippen LogP contribution in [0.1, 0.15) is 41.1 Å². The lowest BCUT2D eigenvalue weighted by atomic mass is 10.1. The van der Waals surface area contributed by atoms with Gasteiger partial charge in [0, 0.05) is 17.9 Å². The molecule has 142 valence electrons. The Morgan fingerprint density at radius 1 is 1.21 bits per heavy atom. The summed E-state index contributed by atoms with van der Waals surface area (Å²) in [5, 5.41) is 7.19. The number of fused-ring (bicyclic) bond motifs is 6. The van der Waals surface area contributed by atoms with Crippen LogP contribution < -0.4 is 10.2 Å². The molecule has 1 fully saturated rings. The van der Waals surface area contributed by atoms with Crippen molar-refractivity contribution in [2.75, 3.05) is 11.5 Å². The summed E-state index contributed by atoms with van der Waals surface area (Å²) >= 11 is 0. The second-order valence-electron chi connectivity index (χ2n) is 7.04. The number of aryl methyl sites for hydroxylation is 1. The van der Waals surface area contributed by atoms with E-state index in [2.05, 4.69) is 15.4 Å². The zero-order chi connectivity index (χ0) is 19.3. The number of anilines is 1. The SMILES string of the molecule is C[C@H]1CCc2cccc(n2)[C@H]2COC(=O)N2c2ccn3ncc(c3n2)C(=O)N1. The largest absolute Gasteiger partial charge is 0.446 e. The Morgan fingerprint density at radius 2 is 2.11 bits per heavy atom. The standard InChI is InChI=1S/C19H18N6O3/c1-11-5-6-12-3-2-4-14(22-12)15-10-28-19(27)25(15)16-7-8-24-17(23-16)13(9-20-24)18(26)21-11/h2-4,7-9,11,15H,5-6,10H2,1H3,(H,21,26)/t11-,15+/m0/s1. The quantitative estimate of drug-likeness (QED) is 0.641. The monoisotopic (exact) mass is 378 g/mol. The highest BCUT2D eigenvalue weighted by molar-refractivity contribution is 6.00. The number of carbonyl (C=O) groups is 2. The molecule has 0 aliphatic carbocycles. The van der Waals surface area contributed by atoms with Crippen LogP contribution in [-0.2, 0) is 11.2 Å². The molecule has 0 saturated carbocycles. The third-order valence-electron chi connectivity index (χ3n) is 5.10. The summed E-state index contributed by atoms with van der Waals surface area (Å²) in [4.78, 5) is 35.9. The van der Waals surface area contributed by atoms with E-state index in [1.165, 1.54) is 15.6 Å².